The largest absolute Gasteiger partial charge is 0.497 e. The number of rotatable bonds is 6. The fourth-order valence-corrected chi connectivity index (χ4v) is 2.94. The third-order valence-electron chi connectivity index (χ3n) is 3.70. The molecule has 1 atom stereocenters. The van der Waals surface area contributed by atoms with Gasteiger partial charge in [0.05, 0.1) is 7.11 Å². The van der Waals surface area contributed by atoms with Crippen molar-refractivity contribution >= 4 is 15.9 Å². The van der Waals surface area contributed by atoms with Crippen molar-refractivity contribution in [3.05, 3.63) is 65.0 Å². The van der Waals surface area contributed by atoms with Crippen molar-refractivity contribution in [2.45, 2.75) is 19.8 Å². The molecule has 1 unspecified atom stereocenters. The van der Waals surface area contributed by atoms with Crippen LogP contribution in [-0.4, -0.2) is 12.4 Å². The highest BCUT2D eigenvalue weighted by Gasteiger charge is 2.12. The Morgan fingerprint density at radius 1 is 1.14 bits per heavy atom. The summed E-state index contributed by atoms with van der Waals surface area (Å²) in [4.78, 5) is 0. The molecular formula is C18H20BrFO. The first-order valence-electron chi connectivity index (χ1n) is 7.06. The predicted molar refractivity (Wildman–Crippen MR) is 88.8 cm³/mol. The van der Waals surface area contributed by atoms with Gasteiger partial charge >= 0.3 is 0 Å². The molecule has 1 nitrogen and oxygen atoms in total. The fourth-order valence-electron chi connectivity index (χ4n) is 2.49. The van der Waals surface area contributed by atoms with Crippen LogP contribution in [0.4, 0.5) is 4.39 Å². The summed E-state index contributed by atoms with van der Waals surface area (Å²) in [5, 5.41) is 0.889. The topological polar surface area (TPSA) is 9.23 Å². The molecule has 0 saturated carbocycles. The molecule has 0 aliphatic heterocycles. The van der Waals surface area contributed by atoms with Gasteiger partial charge in [-0.1, -0.05) is 34.1 Å². The Balaban J connectivity index is 2.10. The van der Waals surface area contributed by atoms with Gasteiger partial charge in [0.2, 0.25) is 0 Å². The van der Waals surface area contributed by atoms with Crippen molar-refractivity contribution in [2.75, 3.05) is 12.4 Å². The molecule has 2 aromatic rings. The number of hydrogen-bond acceptors (Lipinski definition) is 1. The third-order valence-corrected chi connectivity index (χ3v) is 4.61. The first-order valence-corrected chi connectivity index (χ1v) is 8.18. The van der Waals surface area contributed by atoms with E-state index >= 15 is 0 Å². The van der Waals surface area contributed by atoms with Crippen molar-refractivity contribution in [1.29, 1.82) is 0 Å². The molecule has 0 aliphatic rings. The van der Waals surface area contributed by atoms with Gasteiger partial charge in [0, 0.05) is 5.33 Å². The smallest absolute Gasteiger partial charge is 0.123 e. The summed E-state index contributed by atoms with van der Waals surface area (Å²) < 4.78 is 18.7. The Morgan fingerprint density at radius 3 is 2.67 bits per heavy atom. The number of hydrogen-bond donors (Lipinski definition) is 0. The molecule has 0 radical (unpaired) electrons. The second kappa shape index (κ2) is 7.60. The van der Waals surface area contributed by atoms with Gasteiger partial charge in [0.15, 0.2) is 0 Å². The maximum absolute atomic E-state index is 13.4. The normalized spacial score (nSPS) is 12.2. The van der Waals surface area contributed by atoms with Crippen LogP contribution < -0.4 is 4.74 Å². The first kappa shape index (κ1) is 16.0. The van der Waals surface area contributed by atoms with E-state index in [2.05, 4.69) is 28.1 Å². The van der Waals surface area contributed by atoms with E-state index in [4.69, 9.17) is 4.74 Å². The molecular weight excluding hydrogens is 331 g/mol. The van der Waals surface area contributed by atoms with E-state index in [0.717, 1.165) is 35.0 Å². The Morgan fingerprint density at radius 2 is 1.95 bits per heavy atom. The lowest BCUT2D eigenvalue weighted by molar-refractivity contribution is 0.414. The minimum Gasteiger partial charge on any atom is -0.497 e. The highest BCUT2D eigenvalue weighted by molar-refractivity contribution is 9.09. The summed E-state index contributed by atoms with van der Waals surface area (Å²) in [6.07, 6.45) is 1.81. The van der Waals surface area contributed by atoms with Crippen LogP contribution in [0.15, 0.2) is 42.5 Å². The van der Waals surface area contributed by atoms with Gasteiger partial charge in [0.1, 0.15) is 11.6 Å². The van der Waals surface area contributed by atoms with Crippen LogP contribution in [0.3, 0.4) is 0 Å². The van der Waals surface area contributed by atoms with E-state index in [-0.39, 0.29) is 5.82 Å². The molecule has 0 spiro atoms. The minimum absolute atomic E-state index is 0.162. The van der Waals surface area contributed by atoms with Crippen LogP contribution in [0.25, 0.3) is 0 Å². The number of aryl methyl sites for hydroxylation is 1. The number of methoxy groups -OCH3 is 1. The van der Waals surface area contributed by atoms with Crippen molar-refractivity contribution in [2.24, 2.45) is 5.92 Å². The maximum Gasteiger partial charge on any atom is 0.123 e. The van der Waals surface area contributed by atoms with Crippen LogP contribution in [0.2, 0.25) is 0 Å². The quantitative estimate of drug-likeness (QED) is 0.670. The molecule has 2 rings (SSSR count). The van der Waals surface area contributed by atoms with Crippen molar-refractivity contribution < 1.29 is 9.13 Å². The number of benzene rings is 2. The molecule has 0 amide bonds. The summed E-state index contributed by atoms with van der Waals surface area (Å²) in [5.74, 6) is 1.14. The van der Waals surface area contributed by atoms with Gasteiger partial charge < -0.3 is 4.74 Å². The van der Waals surface area contributed by atoms with Gasteiger partial charge in [-0.05, 0) is 66.6 Å². The second-order valence-corrected chi connectivity index (χ2v) is 6.00. The van der Waals surface area contributed by atoms with E-state index in [9.17, 15) is 4.39 Å². The van der Waals surface area contributed by atoms with E-state index < -0.39 is 0 Å². The second-order valence-electron chi connectivity index (χ2n) is 5.35. The average Bonchev–Trinajstić information content (AvgIpc) is 2.50. The first-order chi connectivity index (χ1) is 10.1. The minimum atomic E-state index is -0.162. The third kappa shape index (κ3) is 4.57. The Labute approximate surface area is 134 Å². The van der Waals surface area contributed by atoms with Crippen molar-refractivity contribution in [3.63, 3.8) is 0 Å². The maximum atomic E-state index is 13.4. The summed E-state index contributed by atoms with van der Waals surface area (Å²) in [5.41, 5.74) is 3.48. The number of halogens is 2. The Kier molecular flexibility index (Phi) is 5.80. The molecule has 0 N–H and O–H groups in total. The molecule has 2 aromatic carbocycles. The zero-order valence-electron chi connectivity index (χ0n) is 12.4. The molecule has 0 aliphatic carbocycles. The zero-order valence-corrected chi connectivity index (χ0v) is 14.0. The highest BCUT2D eigenvalue weighted by Crippen LogP contribution is 2.22. The van der Waals surface area contributed by atoms with Gasteiger partial charge in [-0.3, -0.25) is 0 Å². The van der Waals surface area contributed by atoms with E-state index in [1.807, 2.05) is 25.1 Å². The lowest BCUT2D eigenvalue weighted by Crippen LogP contribution is -2.11. The molecule has 0 fully saturated rings. The standard InChI is InChI=1S/C18H20BrFO/c1-13-6-7-17(20)11-16(13)9-15(12-19)8-14-4-3-5-18(10-14)21-2/h3-7,10-11,15H,8-9,12H2,1-2H3. The lowest BCUT2D eigenvalue weighted by Gasteiger charge is -2.16. The van der Waals surface area contributed by atoms with Crippen molar-refractivity contribution in [3.8, 4) is 5.75 Å². The average molecular weight is 351 g/mol. The van der Waals surface area contributed by atoms with Crippen LogP contribution in [0.5, 0.6) is 5.75 Å². The lowest BCUT2D eigenvalue weighted by atomic mass is 9.92. The van der Waals surface area contributed by atoms with Gasteiger partial charge in [0.25, 0.3) is 0 Å². The van der Waals surface area contributed by atoms with Gasteiger partial charge in [-0.15, -0.1) is 0 Å². The summed E-state index contributed by atoms with van der Waals surface area (Å²) in [6.45, 7) is 2.03. The number of alkyl halides is 1. The highest BCUT2D eigenvalue weighted by atomic mass is 79.9. The van der Waals surface area contributed by atoms with Crippen LogP contribution in [0.1, 0.15) is 16.7 Å². The summed E-state index contributed by atoms with van der Waals surface area (Å²) in [6, 6.07) is 13.1. The van der Waals surface area contributed by atoms with Gasteiger partial charge in [-0.25, -0.2) is 4.39 Å². The summed E-state index contributed by atoms with van der Waals surface area (Å²) >= 11 is 3.58. The molecule has 0 aromatic heterocycles. The van der Waals surface area contributed by atoms with Crippen LogP contribution in [0, 0.1) is 18.7 Å². The fraction of sp³-hybridized carbons (Fsp3) is 0.333. The molecule has 112 valence electrons. The van der Waals surface area contributed by atoms with E-state index in [1.165, 1.54) is 11.6 Å². The SMILES string of the molecule is COc1cccc(CC(CBr)Cc2cc(F)ccc2C)c1. The summed E-state index contributed by atoms with van der Waals surface area (Å²) in [7, 11) is 1.68. The zero-order chi connectivity index (χ0) is 15.2. The molecule has 21 heavy (non-hydrogen) atoms. The molecule has 0 saturated heterocycles. The monoisotopic (exact) mass is 350 g/mol. The molecule has 0 bridgehead atoms. The molecule has 0 heterocycles. The van der Waals surface area contributed by atoms with Crippen molar-refractivity contribution in [1.82, 2.24) is 0 Å². The number of ether oxygens (including phenoxy) is 1. The predicted octanol–water partition coefficient (Wildman–Crippen LogP) is 4.94. The van der Waals surface area contributed by atoms with Crippen LogP contribution in [-0.2, 0) is 12.8 Å². The Bertz CT molecular complexity index is 598. The Hall–Kier alpha value is -1.35. The molecule has 3 heteroatoms. The van der Waals surface area contributed by atoms with Gasteiger partial charge in [-0.2, -0.15) is 0 Å². The van der Waals surface area contributed by atoms with E-state index in [0.29, 0.717) is 5.92 Å². The van der Waals surface area contributed by atoms with E-state index in [1.54, 1.807) is 13.2 Å². The van der Waals surface area contributed by atoms with Crippen LogP contribution >= 0.6 is 15.9 Å².